The number of halogens is 1. The van der Waals surface area contributed by atoms with E-state index in [4.69, 9.17) is 38.4 Å². The molecule has 8 nitrogen and oxygen atoms in total. The zero-order valence-electron chi connectivity index (χ0n) is 17.5. The van der Waals surface area contributed by atoms with Gasteiger partial charge in [-0.3, -0.25) is 15.0 Å². The number of amides is 2. The lowest BCUT2D eigenvalue weighted by atomic mass is 10.2. The van der Waals surface area contributed by atoms with Gasteiger partial charge in [0.05, 0.1) is 22.1 Å². The average Bonchev–Trinajstić information content (AvgIpc) is 3.03. The Hall–Kier alpha value is -3.08. The molecule has 172 valence electrons. The molecule has 1 aliphatic heterocycles. The first-order valence-corrected chi connectivity index (χ1v) is 11.3. The fourth-order valence-electron chi connectivity index (χ4n) is 2.74. The van der Waals surface area contributed by atoms with Crippen LogP contribution in [0.1, 0.15) is 29.8 Å². The molecule has 2 aromatic carbocycles. The molecule has 11 heteroatoms. The van der Waals surface area contributed by atoms with Crippen molar-refractivity contribution < 1.29 is 29.0 Å². The molecule has 0 radical (unpaired) electrons. The molecular weight excluding hydrogens is 488 g/mol. The van der Waals surface area contributed by atoms with Gasteiger partial charge in [-0.25, -0.2) is 4.79 Å². The number of rotatable bonds is 8. The highest BCUT2D eigenvalue weighted by molar-refractivity contribution is 8.26. The third kappa shape index (κ3) is 5.84. The number of hydrazine groups is 1. The summed E-state index contributed by atoms with van der Waals surface area (Å²) in [6, 6.07) is 11.3. The van der Waals surface area contributed by atoms with Crippen molar-refractivity contribution >= 4 is 63.8 Å². The molecule has 0 aromatic heterocycles. The molecule has 1 atom stereocenters. The van der Waals surface area contributed by atoms with Gasteiger partial charge >= 0.3 is 5.97 Å². The number of hydrogen-bond donors (Lipinski definition) is 2. The van der Waals surface area contributed by atoms with Gasteiger partial charge in [0.25, 0.3) is 11.8 Å². The van der Waals surface area contributed by atoms with E-state index in [-0.39, 0.29) is 25.6 Å². The smallest absolute Gasteiger partial charge is 0.344 e. The van der Waals surface area contributed by atoms with Crippen LogP contribution in [0.15, 0.2) is 47.4 Å². The Balaban J connectivity index is 1.80. The summed E-state index contributed by atoms with van der Waals surface area (Å²) in [5.74, 6) is -1.57. The number of nitrogens with one attached hydrogen (secondary N) is 1. The number of benzene rings is 2. The van der Waals surface area contributed by atoms with Crippen molar-refractivity contribution in [3.63, 3.8) is 0 Å². The lowest BCUT2D eigenvalue weighted by molar-refractivity contribution is -0.144. The number of aliphatic carboxylic acids is 1. The molecule has 1 fully saturated rings. The molecule has 0 spiro atoms. The average molecular weight is 507 g/mol. The summed E-state index contributed by atoms with van der Waals surface area (Å²) in [5, 5.41) is 10.3. The highest BCUT2D eigenvalue weighted by Crippen LogP contribution is 2.34. The molecule has 0 saturated carbocycles. The predicted molar refractivity (Wildman–Crippen MR) is 129 cm³/mol. The van der Waals surface area contributed by atoms with E-state index in [2.05, 4.69) is 5.43 Å². The first-order valence-electron chi connectivity index (χ1n) is 9.71. The van der Waals surface area contributed by atoms with Gasteiger partial charge in [-0.15, -0.1) is 0 Å². The van der Waals surface area contributed by atoms with Gasteiger partial charge in [-0.1, -0.05) is 41.6 Å². The molecule has 2 N–H and O–H groups in total. The van der Waals surface area contributed by atoms with Gasteiger partial charge < -0.3 is 14.6 Å². The molecule has 3 rings (SSSR count). The summed E-state index contributed by atoms with van der Waals surface area (Å²) in [5.41, 5.74) is 3.30. The molecule has 1 aliphatic rings. The first kappa shape index (κ1) is 24.6. The number of thioether (sulfide) groups is 1. The lowest BCUT2D eigenvalue weighted by Crippen LogP contribution is -2.44. The monoisotopic (exact) mass is 506 g/mol. The van der Waals surface area contributed by atoms with Gasteiger partial charge in [-0.2, -0.15) is 5.01 Å². The summed E-state index contributed by atoms with van der Waals surface area (Å²) in [6.45, 7) is 3.52. The summed E-state index contributed by atoms with van der Waals surface area (Å²) in [7, 11) is 0. The zero-order valence-corrected chi connectivity index (χ0v) is 19.9. The Kier molecular flexibility index (Phi) is 7.96. The SMILES string of the molecule is CCOc1cc(/C=C2/SC(=S)N(NC(=O)c3ccccc3Cl)C2=O)ccc1OC(C)C(=O)O. The van der Waals surface area contributed by atoms with Crippen molar-refractivity contribution in [2.24, 2.45) is 0 Å². The van der Waals surface area contributed by atoms with Crippen molar-refractivity contribution in [2.45, 2.75) is 20.0 Å². The van der Waals surface area contributed by atoms with Crippen LogP contribution in [0.3, 0.4) is 0 Å². The first-order chi connectivity index (χ1) is 15.7. The molecular formula is C22H19ClN2O6S2. The van der Waals surface area contributed by atoms with Gasteiger partial charge in [0.2, 0.25) is 0 Å². The molecule has 33 heavy (non-hydrogen) atoms. The van der Waals surface area contributed by atoms with Crippen molar-refractivity contribution in [1.29, 1.82) is 0 Å². The van der Waals surface area contributed by atoms with Gasteiger partial charge in [0, 0.05) is 0 Å². The molecule has 1 saturated heterocycles. The highest BCUT2D eigenvalue weighted by atomic mass is 35.5. The van der Waals surface area contributed by atoms with Crippen LogP contribution in [0.5, 0.6) is 11.5 Å². The molecule has 2 amide bonds. The van der Waals surface area contributed by atoms with Crippen LogP contribution < -0.4 is 14.9 Å². The maximum Gasteiger partial charge on any atom is 0.344 e. The second kappa shape index (κ2) is 10.7. The third-order valence-corrected chi connectivity index (χ3v) is 5.97. The van der Waals surface area contributed by atoms with E-state index in [0.29, 0.717) is 17.9 Å². The van der Waals surface area contributed by atoms with Crippen LogP contribution in [-0.4, -0.2) is 44.9 Å². The van der Waals surface area contributed by atoms with Gasteiger partial charge in [0.1, 0.15) is 0 Å². The normalized spacial score (nSPS) is 15.5. The summed E-state index contributed by atoms with van der Waals surface area (Å²) < 4.78 is 11.1. The van der Waals surface area contributed by atoms with Gasteiger partial charge in [0.15, 0.2) is 21.9 Å². The minimum absolute atomic E-state index is 0.159. The number of carbonyl (C=O) groups is 3. The fraction of sp³-hybridized carbons (Fsp3) is 0.182. The van der Waals surface area contributed by atoms with Crippen molar-refractivity contribution in [3.05, 3.63) is 63.5 Å². The quantitative estimate of drug-likeness (QED) is 0.406. The number of hydrogen-bond acceptors (Lipinski definition) is 7. The van der Waals surface area contributed by atoms with E-state index in [1.165, 1.54) is 13.0 Å². The van der Waals surface area contributed by atoms with Crippen LogP contribution in [0, 0.1) is 0 Å². The van der Waals surface area contributed by atoms with E-state index in [1.807, 2.05) is 0 Å². The summed E-state index contributed by atoms with van der Waals surface area (Å²) in [4.78, 5) is 36.7. The largest absolute Gasteiger partial charge is 0.490 e. The Morgan fingerprint density at radius 2 is 2.00 bits per heavy atom. The molecule has 0 bridgehead atoms. The Morgan fingerprint density at radius 3 is 2.67 bits per heavy atom. The van der Waals surface area contributed by atoms with E-state index in [9.17, 15) is 14.4 Å². The van der Waals surface area contributed by atoms with E-state index >= 15 is 0 Å². The van der Waals surface area contributed by atoms with Crippen LogP contribution in [0.25, 0.3) is 6.08 Å². The van der Waals surface area contributed by atoms with Crippen LogP contribution in [-0.2, 0) is 9.59 Å². The Bertz CT molecular complexity index is 1150. The minimum atomic E-state index is -1.11. The standard InChI is InChI=1S/C22H19ClN2O6S2/c1-3-30-17-10-13(8-9-16(17)31-12(2)21(28)29)11-18-20(27)25(22(32)33-18)24-19(26)14-6-4-5-7-15(14)23/h4-12H,3H2,1-2H3,(H,24,26)(H,28,29)/b18-11+. The highest BCUT2D eigenvalue weighted by Gasteiger charge is 2.34. The maximum atomic E-state index is 12.9. The predicted octanol–water partition coefficient (Wildman–Crippen LogP) is 4.14. The van der Waals surface area contributed by atoms with Gasteiger partial charge in [-0.05, 0) is 62.0 Å². The molecule has 0 aliphatic carbocycles. The Morgan fingerprint density at radius 1 is 1.27 bits per heavy atom. The summed E-state index contributed by atoms with van der Waals surface area (Å²) in [6.07, 6.45) is 0.529. The number of ether oxygens (including phenoxy) is 2. The van der Waals surface area contributed by atoms with Crippen LogP contribution in [0.4, 0.5) is 0 Å². The third-order valence-electron chi connectivity index (χ3n) is 4.34. The maximum absolute atomic E-state index is 12.9. The van der Waals surface area contributed by atoms with Crippen molar-refractivity contribution in [3.8, 4) is 11.5 Å². The topological polar surface area (TPSA) is 105 Å². The molecule has 2 aromatic rings. The minimum Gasteiger partial charge on any atom is -0.490 e. The molecule has 1 unspecified atom stereocenters. The summed E-state index contributed by atoms with van der Waals surface area (Å²) >= 11 is 12.3. The second-order valence-electron chi connectivity index (χ2n) is 6.68. The molecule has 1 heterocycles. The number of nitrogens with zero attached hydrogens (tertiary/aromatic N) is 1. The fourth-order valence-corrected chi connectivity index (χ4v) is 4.14. The van der Waals surface area contributed by atoms with E-state index < -0.39 is 23.9 Å². The number of thiocarbonyl (C=S) groups is 1. The lowest BCUT2D eigenvalue weighted by Gasteiger charge is -2.16. The number of carboxylic acids is 1. The van der Waals surface area contributed by atoms with Crippen molar-refractivity contribution in [2.75, 3.05) is 6.61 Å². The van der Waals surface area contributed by atoms with E-state index in [1.54, 1.807) is 49.4 Å². The Labute approximate surface area is 204 Å². The van der Waals surface area contributed by atoms with Crippen LogP contribution in [0.2, 0.25) is 5.02 Å². The van der Waals surface area contributed by atoms with E-state index in [0.717, 1.165) is 16.8 Å². The van der Waals surface area contributed by atoms with Crippen LogP contribution >= 0.6 is 35.6 Å². The van der Waals surface area contributed by atoms with Crippen molar-refractivity contribution in [1.82, 2.24) is 10.4 Å². The zero-order chi connectivity index (χ0) is 24.1. The number of carbonyl (C=O) groups excluding carboxylic acids is 2. The number of carboxylic acid groups (broad SMARTS) is 1. The second-order valence-corrected chi connectivity index (χ2v) is 8.76.